The van der Waals surface area contributed by atoms with E-state index in [2.05, 4.69) is 6.92 Å². The second-order valence-corrected chi connectivity index (χ2v) is 5.02. The van der Waals surface area contributed by atoms with Crippen molar-refractivity contribution in [1.82, 2.24) is 4.90 Å². The molecule has 1 aromatic rings. The van der Waals surface area contributed by atoms with Crippen molar-refractivity contribution < 1.29 is 9.53 Å². The molecule has 0 saturated carbocycles. The van der Waals surface area contributed by atoms with E-state index < -0.39 is 0 Å². The fraction of sp³-hybridized carbons (Fsp3) is 0.533. The number of carbonyl (C=O) groups is 1. The van der Waals surface area contributed by atoms with Gasteiger partial charge in [-0.2, -0.15) is 0 Å². The van der Waals surface area contributed by atoms with Crippen LogP contribution in [-0.4, -0.2) is 31.1 Å². The van der Waals surface area contributed by atoms with Crippen LogP contribution in [0.15, 0.2) is 24.3 Å². The molecule has 0 spiro atoms. The number of amides is 1. The zero-order valence-corrected chi connectivity index (χ0v) is 12.4. The average molecular weight is 284 g/mol. The molecule has 0 aliphatic rings. The smallest absolute Gasteiger partial charge is 0.248 e. The van der Waals surface area contributed by atoms with Crippen molar-refractivity contribution >= 4 is 17.5 Å². The zero-order valence-electron chi connectivity index (χ0n) is 11.7. The Balaban J connectivity index is 2.61. The maximum atomic E-state index is 12.0. The predicted molar refractivity (Wildman–Crippen MR) is 78.3 cm³/mol. The van der Waals surface area contributed by atoms with Gasteiger partial charge in [0.2, 0.25) is 5.91 Å². The number of methoxy groups -OCH3 is 1. The SMILES string of the molecule is CCCCCN(Cc1ccc(Cl)cc1)C(=O)COC. The number of halogens is 1. The summed E-state index contributed by atoms with van der Waals surface area (Å²) in [4.78, 5) is 13.8. The van der Waals surface area contributed by atoms with Gasteiger partial charge in [0.25, 0.3) is 0 Å². The lowest BCUT2D eigenvalue weighted by atomic mass is 10.2. The molecule has 0 aromatic heterocycles. The lowest BCUT2D eigenvalue weighted by molar-refractivity contribution is -0.135. The number of hydrogen-bond acceptors (Lipinski definition) is 2. The first-order valence-corrected chi connectivity index (χ1v) is 7.06. The molecule has 1 amide bonds. The van der Waals surface area contributed by atoms with Crippen LogP contribution in [-0.2, 0) is 16.1 Å². The van der Waals surface area contributed by atoms with Gasteiger partial charge >= 0.3 is 0 Å². The van der Waals surface area contributed by atoms with Gasteiger partial charge in [0.15, 0.2) is 0 Å². The Kier molecular flexibility index (Phi) is 7.53. The first-order chi connectivity index (χ1) is 9.17. The monoisotopic (exact) mass is 283 g/mol. The van der Waals surface area contributed by atoms with Crippen molar-refractivity contribution in [2.75, 3.05) is 20.3 Å². The first kappa shape index (κ1) is 16.0. The minimum Gasteiger partial charge on any atom is -0.375 e. The van der Waals surface area contributed by atoms with Crippen LogP contribution in [0, 0.1) is 0 Å². The largest absolute Gasteiger partial charge is 0.375 e. The summed E-state index contributed by atoms with van der Waals surface area (Å²) >= 11 is 5.86. The second-order valence-electron chi connectivity index (χ2n) is 4.58. The van der Waals surface area contributed by atoms with Gasteiger partial charge in [0, 0.05) is 25.2 Å². The molecule has 0 fully saturated rings. The summed E-state index contributed by atoms with van der Waals surface area (Å²) in [6, 6.07) is 7.61. The molecule has 19 heavy (non-hydrogen) atoms. The average Bonchev–Trinajstić information content (AvgIpc) is 2.40. The Hall–Kier alpha value is -1.06. The maximum absolute atomic E-state index is 12.0. The third kappa shape index (κ3) is 6.08. The molecule has 0 saturated heterocycles. The van der Waals surface area contributed by atoms with Gasteiger partial charge in [-0.05, 0) is 24.1 Å². The number of unbranched alkanes of at least 4 members (excludes halogenated alkanes) is 2. The van der Waals surface area contributed by atoms with Crippen molar-refractivity contribution in [1.29, 1.82) is 0 Å². The Labute approximate surface area is 120 Å². The van der Waals surface area contributed by atoms with Gasteiger partial charge in [-0.25, -0.2) is 0 Å². The Morgan fingerprint density at radius 2 is 1.95 bits per heavy atom. The topological polar surface area (TPSA) is 29.5 Å². The van der Waals surface area contributed by atoms with Gasteiger partial charge in [-0.3, -0.25) is 4.79 Å². The van der Waals surface area contributed by atoms with Gasteiger partial charge in [-0.15, -0.1) is 0 Å². The van der Waals surface area contributed by atoms with E-state index in [1.165, 1.54) is 0 Å². The number of ether oxygens (including phenoxy) is 1. The van der Waals surface area contributed by atoms with E-state index in [-0.39, 0.29) is 12.5 Å². The highest BCUT2D eigenvalue weighted by atomic mass is 35.5. The highest BCUT2D eigenvalue weighted by molar-refractivity contribution is 6.30. The molecule has 0 heterocycles. The van der Waals surface area contributed by atoms with E-state index in [4.69, 9.17) is 16.3 Å². The summed E-state index contributed by atoms with van der Waals surface area (Å²) in [6.45, 7) is 3.68. The lowest BCUT2D eigenvalue weighted by Crippen LogP contribution is -2.34. The lowest BCUT2D eigenvalue weighted by Gasteiger charge is -2.22. The normalized spacial score (nSPS) is 10.5. The summed E-state index contributed by atoms with van der Waals surface area (Å²) < 4.78 is 4.94. The third-order valence-corrected chi connectivity index (χ3v) is 3.19. The highest BCUT2D eigenvalue weighted by Gasteiger charge is 2.13. The van der Waals surface area contributed by atoms with Crippen LogP contribution in [0.2, 0.25) is 5.02 Å². The molecule has 0 radical (unpaired) electrons. The minimum atomic E-state index is 0.0357. The van der Waals surface area contributed by atoms with Gasteiger partial charge < -0.3 is 9.64 Å². The van der Waals surface area contributed by atoms with Crippen molar-refractivity contribution in [3.8, 4) is 0 Å². The van der Waals surface area contributed by atoms with Crippen LogP contribution in [0.3, 0.4) is 0 Å². The maximum Gasteiger partial charge on any atom is 0.248 e. The molecule has 0 unspecified atom stereocenters. The molecule has 0 bridgehead atoms. The molecule has 1 rings (SSSR count). The van der Waals surface area contributed by atoms with Gasteiger partial charge in [0.05, 0.1) is 0 Å². The predicted octanol–water partition coefficient (Wildman–Crippen LogP) is 3.51. The van der Waals surface area contributed by atoms with E-state index in [9.17, 15) is 4.79 Å². The number of rotatable bonds is 8. The summed E-state index contributed by atoms with van der Waals surface area (Å²) in [5.41, 5.74) is 1.09. The number of nitrogens with zero attached hydrogens (tertiary/aromatic N) is 1. The van der Waals surface area contributed by atoms with Gasteiger partial charge in [0.1, 0.15) is 6.61 Å². The zero-order chi connectivity index (χ0) is 14.1. The summed E-state index contributed by atoms with van der Waals surface area (Å²) in [5.74, 6) is 0.0357. The standard InChI is InChI=1S/C15H22ClNO2/c1-3-4-5-10-17(15(18)12-19-2)11-13-6-8-14(16)9-7-13/h6-9H,3-5,10-12H2,1-2H3. The molecule has 0 aliphatic carbocycles. The quantitative estimate of drug-likeness (QED) is 0.683. The third-order valence-electron chi connectivity index (χ3n) is 2.94. The Bertz CT molecular complexity index is 378. The van der Waals surface area contributed by atoms with Crippen molar-refractivity contribution in [2.45, 2.75) is 32.7 Å². The Morgan fingerprint density at radius 1 is 1.26 bits per heavy atom. The van der Waals surface area contributed by atoms with Crippen LogP contribution in [0.1, 0.15) is 31.7 Å². The van der Waals surface area contributed by atoms with E-state index in [1.54, 1.807) is 7.11 Å². The fourth-order valence-electron chi connectivity index (χ4n) is 1.87. The molecule has 4 heteroatoms. The van der Waals surface area contributed by atoms with Crippen LogP contribution < -0.4 is 0 Å². The second kappa shape index (κ2) is 8.94. The molecule has 0 atom stereocenters. The van der Waals surface area contributed by atoms with Crippen LogP contribution in [0.5, 0.6) is 0 Å². The van der Waals surface area contributed by atoms with E-state index in [1.807, 2.05) is 29.2 Å². The summed E-state index contributed by atoms with van der Waals surface area (Å²) in [5, 5.41) is 0.713. The number of carbonyl (C=O) groups excluding carboxylic acids is 1. The Morgan fingerprint density at radius 3 is 2.53 bits per heavy atom. The molecule has 1 aromatic carbocycles. The van der Waals surface area contributed by atoms with Crippen LogP contribution in [0.4, 0.5) is 0 Å². The summed E-state index contributed by atoms with van der Waals surface area (Å²) in [7, 11) is 1.55. The van der Waals surface area contributed by atoms with Crippen molar-refractivity contribution in [3.63, 3.8) is 0 Å². The highest BCUT2D eigenvalue weighted by Crippen LogP contribution is 2.12. The molecule has 3 nitrogen and oxygen atoms in total. The van der Waals surface area contributed by atoms with Crippen LogP contribution >= 0.6 is 11.6 Å². The minimum absolute atomic E-state index is 0.0357. The number of hydrogen-bond donors (Lipinski definition) is 0. The van der Waals surface area contributed by atoms with Gasteiger partial charge in [-0.1, -0.05) is 43.5 Å². The molecule has 0 aliphatic heterocycles. The van der Waals surface area contributed by atoms with E-state index in [0.717, 1.165) is 31.4 Å². The van der Waals surface area contributed by atoms with Crippen LogP contribution in [0.25, 0.3) is 0 Å². The number of benzene rings is 1. The fourth-order valence-corrected chi connectivity index (χ4v) is 2.00. The molecular weight excluding hydrogens is 262 g/mol. The summed E-state index contributed by atoms with van der Waals surface area (Å²) in [6.07, 6.45) is 3.31. The van der Waals surface area contributed by atoms with E-state index >= 15 is 0 Å². The van der Waals surface area contributed by atoms with E-state index in [0.29, 0.717) is 11.6 Å². The molecule has 106 valence electrons. The van der Waals surface area contributed by atoms with Crippen molar-refractivity contribution in [2.24, 2.45) is 0 Å². The molecule has 0 N–H and O–H groups in total. The first-order valence-electron chi connectivity index (χ1n) is 6.68. The van der Waals surface area contributed by atoms with Crippen molar-refractivity contribution in [3.05, 3.63) is 34.9 Å². The molecular formula is C15H22ClNO2.